The van der Waals surface area contributed by atoms with Gasteiger partial charge in [-0.2, -0.15) is 0 Å². The summed E-state index contributed by atoms with van der Waals surface area (Å²) < 4.78 is 5.16. The standard InChI is InChI=1S/C6H8OS2/c1-2-6-3-4-7-9(8)5-6/h1,6H,3-5H2. The molecule has 0 spiro atoms. The van der Waals surface area contributed by atoms with Crippen molar-refractivity contribution in [1.29, 1.82) is 0 Å². The van der Waals surface area contributed by atoms with E-state index in [2.05, 4.69) is 5.92 Å². The highest BCUT2D eigenvalue weighted by Crippen LogP contribution is 2.11. The molecule has 3 heteroatoms. The summed E-state index contributed by atoms with van der Waals surface area (Å²) in [4.78, 5) is 0. The highest BCUT2D eigenvalue weighted by atomic mass is 32.8. The van der Waals surface area contributed by atoms with Crippen LogP contribution in [0.5, 0.6) is 0 Å². The Balaban J connectivity index is 2.43. The summed E-state index contributed by atoms with van der Waals surface area (Å²) >= 11 is 4.94. The first kappa shape index (κ1) is 7.20. The van der Waals surface area contributed by atoms with Crippen molar-refractivity contribution >= 4 is 20.9 Å². The van der Waals surface area contributed by atoms with Gasteiger partial charge in [0.25, 0.3) is 0 Å². The molecule has 1 aliphatic rings. The average molecular weight is 160 g/mol. The van der Waals surface area contributed by atoms with Crippen molar-refractivity contribution in [2.75, 3.05) is 12.4 Å². The van der Waals surface area contributed by atoms with Gasteiger partial charge in [0.05, 0.1) is 6.61 Å². The van der Waals surface area contributed by atoms with E-state index in [0.717, 1.165) is 18.8 Å². The van der Waals surface area contributed by atoms with Gasteiger partial charge in [0.2, 0.25) is 0 Å². The molecule has 0 radical (unpaired) electrons. The second-order valence-electron chi connectivity index (χ2n) is 1.94. The molecule has 1 heterocycles. The minimum atomic E-state index is -0.279. The molecule has 0 aliphatic carbocycles. The van der Waals surface area contributed by atoms with Crippen LogP contribution in [0.3, 0.4) is 0 Å². The molecule has 2 atom stereocenters. The van der Waals surface area contributed by atoms with Gasteiger partial charge < -0.3 is 4.18 Å². The predicted octanol–water partition coefficient (Wildman–Crippen LogP) is 0.651. The fourth-order valence-corrected chi connectivity index (χ4v) is 2.38. The molecule has 2 unspecified atom stereocenters. The van der Waals surface area contributed by atoms with Crippen LogP contribution < -0.4 is 0 Å². The zero-order valence-electron chi connectivity index (χ0n) is 5.00. The van der Waals surface area contributed by atoms with Gasteiger partial charge in [0.1, 0.15) is 0 Å². The van der Waals surface area contributed by atoms with Gasteiger partial charge >= 0.3 is 0 Å². The summed E-state index contributed by atoms with van der Waals surface area (Å²) in [7, 11) is -0.279. The Morgan fingerprint density at radius 3 is 3.00 bits per heavy atom. The number of hydrogen-bond acceptors (Lipinski definition) is 2. The Labute approximate surface area is 62.6 Å². The average Bonchev–Trinajstić information content (AvgIpc) is 1.88. The molecular formula is C6H8OS2. The molecule has 0 saturated carbocycles. The summed E-state index contributed by atoms with van der Waals surface area (Å²) in [6.07, 6.45) is 6.20. The van der Waals surface area contributed by atoms with Gasteiger partial charge in [0, 0.05) is 21.4 Å². The minimum absolute atomic E-state index is 0.279. The zero-order valence-corrected chi connectivity index (χ0v) is 6.63. The van der Waals surface area contributed by atoms with E-state index in [1.165, 1.54) is 0 Å². The van der Waals surface area contributed by atoms with Crippen molar-refractivity contribution in [2.24, 2.45) is 5.92 Å². The lowest BCUT2D eigenvalue weighted by atomic mass is 10.1. The SMILES string of the molecule is C#CC1CCOS(=S)C1. The fourth-order valence-electron chi connectivity index (χ4n) is 0.710. The first-order valence-electron chi connectivity index (χ1n) is 2.80. The van der Waals surface area contributed by atoms with Crippen LogP contribution in [0.1, 0.15) is 6.42 Å². The Morgan fingerprint density at radius 1 is 1.78 bits per heavy atom. The van der Waals surface area contributed by atoms with Gasteiger partial charge in [-0.25, -0.2) is 0 Å². The molecule has 50 valence electrons. The monoisotopic (exact) mass is 160 g/mol. The molecule has 1 nitrogen and oxygen atoms in total. The third kappa shape index (κ3) is 2.05. The van der Waals surface area contributed by atoms with E-state index in [4.69, 9.17) is 21.8 Å². The summed E-state index contributed by atoms with van der Waals surface area (Å²) in [6.45, 7) is 0.751. The topological polar surface area (TPSA) is 9.23 Å². The molecule has 0 aromatic carbocycles. The molecule has 0 N–H and O–H groups in total. The lowest BCUT2D eigenvalue weighted by molar-refractivity contribution is 0.321. The molecule has 0 aromatic heterocycles. The van der Waals surface area contributed by atoms with Gasteiger partial charge in [0.15, 0.2) is 0 Å². The maximum Gasteiger partial charge on any atom is 0.0629 e. The van der Waals surface area contributed by atoms with Gasteiger partial charge in [-0.05, 0) is 17.6 Å². The highest BCUT2D eigenvalue weighted by molar-refractivity contribution is 8.26. The Morgan fingerprint density at radius 2 is 2.56 bits per heavy atom. The molecule has 9 heavy (non-hydrogen) atoms. The number of terminal acetylenes is 1. The van der Waals surface area contributed by atoms with E-state index in [-0.39, 0.29) is 9.74 Å². The van der Waals surface area contributed by atoms with Gasteiger partial charge in [-0.15, -0.1) is 12.3 Å². The van der Waals surface area contributed by atoms with E-state index >= 15 is 0 Å². The Bertz CT molecular complexity index is 159. The van der Waals surface area contributed by atoms with Crippen molar-refractivity contribution in [3.05, 3.63) is 0 Å². The second kappa shape index (κ2) is 3.31. The smallest absolute Gasteiger partial charge is 0.0629 e. The third-order valence-corrected chi connectivity index (χ3v) is 3.06. The van der Waals surface area contributed by atoms with Crippen molar-refractivity contribution in [2.45, 2.75) is 6.42 Å². The van der Waals surface area contributed by atoms with E-state index < -0.39 is 0 Å². The molecule has 1 saturated heterocycles. The summed E-state index contributed by atoms with van der Waals surface area (Å²) in [5.74, 6) is 3.95. The maximum absolute atomic E-state index is 5.22. The molecule has 1 aliphatic heterocycles. The molecule has 0 aromatic rings. The zero-order chi connectivity index (χ0) is 6.69. The summed E-state index contributed by atoms with van der Waals surface area (Å²) in [6, 6.07) is 0. The van der Waals surface area contributed by atoms with Crippen molar-refractivity contribution in [1.82, 2.24) is 0 Å². The minimum Gasteiger partial charge on any atom is -0.312 e. The van der Waals surface area contributed by atoms with Crippen LogP contribution in [-0.2, 0) is 25.1 Å². The number of hydrogen-bond donors (Lipinski definition) is 0. The molecule has 1 rings (SSSR count). The molecule has 1 fully saturated rings. The third-order valence-electron chi connectivity index (χ3n) is 1.25. The molecule has 0 amide bonds. The van der Waals surface area contributed by atoms with Crippen LogP contribution in [0.25, 0.3) is 0 Å². The summed E-state index contributed by atoms with van der Waals surface area (Å²) in [5, 5.41) is 0. The Hall–Kier alpha value is 0.0900. The van der Waals surface area contributed by atoms with Crippen LogP contribution in [-0.4, -0.2) is 12.4 Å². The summed E-state index contributed by atoms with van der Waals surface area (Å²) in [5.41, 5.74) is 0. The van der Waals surface area contributed by atoms with Crippen molar-refractivity contribution < 1.29 is 4.18 Å². The van der Waals surface area contributed by atoms with Gasteiger partial charge in [-0.1, -0.05) is 0 Å². The highest BCUT2D eigenvalue weighted by Gasteiger charge is 2.13. The van der Waals surface area contributed by atoms with E-state index in [0.29, 0.717) is 5.92 Å². The number of rotatable bonds is 0. The Kier molecular flexibility index (Phi) is 2.65. The van der Waals surface area contributed by atoms with Crippen LogP contribution in [0.2, 0.25) is 0 Å². The van der Waals surface area contributed by atoms with Crippen molar-refractivity contribution in [3.8, 4) is 12.3 Å². The van der Waals surface area contributed by atoms with E-state index in [1.807, 2.05) is 0 Å². The van der Waals surface area contributed by atoms with E-state index in [1.54, 1.807) is 0 Å². The van der Waals surface area contributed by atoms with E-state index in [9.17, 15) is 0 Å². The first-order chi connectivity index (χ1) is 4.33. The fraction of sp³-hybridized carbons (Fsp3) is 0.667. The lowest BCUT2D eigenvalue weighted by Gasteiger charge is -2.17. The van der Waals surface area contributed by atoms with Crippen LogP contribution in [0.4, 0.5) is 0 Å². The second-order valence-corrected chi connectivity index (χ2v) is 4.24. The predicted molar refractivity (Wildman–Crippen MR) is 42.5 cm³/mol. The first-order valence-corrected chi connectivity index (χ1v) is 5.05. The lowest BCUT2D eigenvalue weighted by Crippen LogP contribution is -2.19. The largest absolute Gasteiger partial charge is 0.312 e. The normalized spacial score (nSPS) is 35.4. The maximum atomic E-state index is 5.22. The van der Waals surface area contributed by atoms with Crippen LogP contribution in [0, 0.1) is 18.3 Å². The quantitative estimate of drug-likeness (QED) is 0.481. The molecular weight excluding hydrogens is 152 g/mol. The van der Waals surface area contributed by atoms with Crippen LogP contribution >= 0.6 is 0 Å². The van der Waals surface area contributed by atoms with Crippen molar-refractivity contribution in [3.63, 3.8) is 0 Å². The van der Waals surface area contributed by atoms with Gasteiger partial charge in [-0.3, -0.25) is 0 Å². The molecule has 0 bridgehead atoms. The van der Waals surface area contributed by atoms with Crippen LogP contribution in [0.15, 0.2) is 0 Å².